The molecule has 0 aliphatic carbocycles. The molecule has 0 unspecified atom stereocenters. The second kappa shape index (κ2) is 6.90. The van der Waals surface area contributed by atoms with Crippen molar-refractivity contribution in [1.29, 1.82) is 0 Å². The molecule has 1 N–H and O–H groups in total. The maximum atomic E-state index is 12.2. The summed E-state index contributed by atoms with van der Waals surface area (Å²) in [7, 11) is 5.36. The number of ether oxygens (including phenoxy) is 1. The highest BCUT2D eigenvalue weighted by Crippen LogP contribution is 2.18. The first-order valence-corrected chi connectivity index (χ1v) is 6.60. The lowest BCUT2D eigenvalue weighted by Gasteiger charge is -2.22. The molecule has 0 bridgehead atoms. The Labute approximate surface area is 123 Å². The van der Waals surface area contributed by atoms with Gasteiger partial charge in [-0.2, -0.15) is 0 Å². The van der Waals surface area contributed by atoms with Gasteiger partial charge in [0.25, 0.3) is 5.91 Å². The van der Waals surface area contributed by atoms with Crippen LogP contribution in [-0.2, 0) is 0 Å². The number of rotatable bonds is 6. The summed E-state index contributed by atoms with van der Waals surface area (Å²) in [5, 5.41) is 2.88. The van der Waals surface area contributed by atoms with Crippen molar-refractivity contribution in [3.05, 3.63) is 48.0 Å². The third-order valence-corrected chi connectivity index (χ3v) is 3.16. The zero-order valence-corrected chi connectivity index (χ0v) is 12.4. The summed E-state index contributed by atoms with van der Waals surface area (Å²) < 4.78 is 10.5. The Morgan fingerprint density at radius 3 is 2.86 bits per heavy atom. The van der Waals surface area contributed by atoms with E-state index in [0.29, 0.717) is 18.0 Å². The van der Waals surface area contributed by atoms with Gasteiger partial charge in [0.15, 0.2) is 0 Å². The van der Waals surface area contributed by atoms with Crippen LogP contribution >= 0.6 is 0 Å². The average molecular weight is 289 g/mol. The van der Waals surface area contributed by atoms with Crippen molar-refractivity contribution in [2.75, 3.05) is 27.7 Å². The van der Waals surface area contributed by atoms with Crippen molar-refractivity contribution in [1.82, 2.24) is 15.2 Å². The first-order chi connectivity index (χ1) is 10.1. The SMILES string of the molecule is COc1ncccc1C(=O)NC[C@H](c1ccco1)N(C)C. The molecule has 2 aromatic rings. The van der Waals surface area contributed by atoms with Crippen molar-refractivity contribution < 1.29 is 13.9 Å². The zero-order chi connectivity index (χ0) is 15.2. The van der Waals surface area contributed by atoms with Gasteiger partial charge in [0, 0.05) is 12.7 Å². The van der Waals surface area contributed by atoms with E-state index in [1.807, 2.05) is 31.1 Å². The summed E-state index contributed by atoms with van der Waals surface area (Å²) in [6.45, 7) is 0.428. The van der Waals surface area contributed by atoms with Gasteiger partial charge in [-0.1, -0.05) is 0 Å². The smallest absolute Gasteiger partial charge is 0.256 e. The molecule has 1 amide bonds. The molecule has 1 atom stereocenters. The summed E-state index contributed by atoms with van der Waals surface area (Å²) >= 11 is 0. The van der Waals surface area contributed by atoms with Crippen LogP contribution < -0.4 is 10.1 Å². The number of carbonyl (C=O) groups excluding carboxylic acids is 1. The molecule has 6 heteroatoms. The van der Waals surface area contributed by atoms with Crippen LogP contribution in [-0.4, -0.2) is 43.5 Å². The van der Waals surface area contributed by atoms with Crippen molar-refractivity contribution >= 4 is 5.91 Å². The summed E-state index contributed by atoms with van der Waals surface area (Å²) in [5.41, 5.74) is 0.414. The molecule has 0 aromatic carbocycles. The van der Waals surface area contributed by atoms with Crippen molar-refractivity contribution in [3.8, 4) is 5.88 Å². The maximum Gasteiger partial charge on any atom is 0.256 e. The number of nitrogens with zero attached hydrogens (tertiary/aromatic N) is 2. The molecule has 0 fully saturated rings. The number of carbonyl (C=O) groups is 1. The van der Waals surface area contributed by atoms with E-state index in [0.717, 1.165) is 5.76 Å². The van der Waals surface area contributed by atoms with Crippen LogP contribution in [0.3, 0.4) is 0 Å². The number of hydrogen-bond acceptors (Lipinski definition) is 5. The van der Waals surface area contributed by atoms with Gasteiger partial charge < -0.3 is 14.5 Å². The fourth-order valence-electron chi connectivity index (χ4n) is 2.03. The molecule has 112 valence electrons. The number of methoxy groups -OCH3 is 1. The molecular weight excluding hydrogens is 270 g/mol. The monoisotopic (exact) mass is 289 g/mol. The van der Waals surface area contributed by atoms with Crippen LogP contribution in [0.4, 0.5) is 0 Å². The summed E-state index contributed by atoms with van der Waals surface area (Å²) in [4.78, 5) is 18.2. The van der Waals surface area contributed by atoms with Crippen LogP contribution in [0, 0.1) is 0 Å². The van der Waals surface area contributed by atoms with E-state index in [2.05, 4.69) is 10.3 Å². The van der Waals surface area contributed by atoms with Gasteiger partial charge in [0.1, 0.15) is 11.3 Å². The Kier molecular flexibility index (Phi) is 4.94. The van der Waals surface area contributed by atoms with Crippen LogP contribution in [0.15, 0.2) is 41.1 Å². The predicted octanol–water partition coefficient (Wildman–Crippen LogP) is 1.72. The molecule has 2 aromatic heterocycles. The number of nitrogens with one attached hydrogen (secondary N) is 1. The molecule has 21 heavy (non-hydrogen) atoms. The quantitative estimate of drug-likeness (QED) is 0.877. The minimum absolute atomic E-state index is 0.0355. The van der Waals surface area contributed by atoms with Gasteiger partial charge >= 0.3 is 0 Å². The average Bonchev–Trinajstić information content (AvgIpc) is 3.01. The van der Waals surface area contributed by atoms with Crippen molar-refractivity contribution in [3.63, 3.8) is 0 Å². The van der Waals surface area contributed by atoms with E-state index in [-0.39, 0.29) is 11.9 Å². The van der Waals surface area contributed by atoms with Crippen molar-refractivity contribution in [2.24, 2.45) is 0 Å². The van der Waals surface area contributed by atoms with Crippen LogP contribution in [0.25, 0.3) is 0 Å². The standard InChI is InChI=1S/C15H19N3O3/c1-18(2)12(13-7-5-9-21-13)10-17-14(19)11-6-4-8-16-15(11)20-3/h4-9,12H,10H2,1-3H3,(H,17,19)/t12-/m1/s1. The molecule has 2 heterocycles. The lowest BCUT2D eigenvalue weighted by Crippen LogP contribution is -2.34. The van der Waals surface area contributed by atoms with Gasteiger partial charge in [-0.05, 0) is 38.4 Å². The van der Waals surface area contributed by atoms with Gasteiger partial charge in [-0.3, -0.25) is 9.69 Å². The first-order valence-electron chi connectivity index (χ1n) is 6.60. The minimum Gasteiger partial charge on any atom is -0.480 e. The number of pyridine rings is 1. The summed E-state index contributed by atoms with van der Waals surface area (Å²) in [6, 6.07) is 7.07. The molecule has 0 aliphatic heterocycles. The molecular formula is C15H19N3O3. The van der Waals surface area contributed by atoms with E-state index < -0.39 is 0 Å². The van der Waals surface area contributed by atoms with Gasteiger partial charge in [-0.25, -0.2) is 4.98 Å². The highest BCUT2D eigenvalue weighted by Gasteiger charge is 2.19. The summed E-state index contributed by atoms with van der Waals surface area (Å²) in [5.74, 6) is 0.895. The molecule has 0 radical (unpaired) electrons. The number of hydrogen-bond donors (Lipinski definition) is 1. The van der Waals surface area contributed by atoms with E-state index in [1.54, 1.807) is 24.6 Å². The number of likely N-dealkylation sites (N-methyl/N-ethyl adjacent to an activating group) is 1. The normalized spacial score (nSPS) is 12.2. The second-order valence-corrected chi connectivity index (χ2v) is 4.77. The number of aromatic nitrogens is 1. The Morgan fingerprint density at radius 1 is 1.43 bits per heavy atom. The van der Waals surface area contributed by atoms with Gasteiger partial charge in [0.05, 0.1) is 19.4 Å². The van der Waals surface area contributed by atoms with Crippen molar-refractivity contribution in [2.45, 2.75) is 6.04 Å². The third kappa shape index (κ3) is 3.61. The lowest BCUT2D eigenvalue weighted by atomic mass is 10.2. The topological polar surface area (TPSA) is 67.6 Å². The van der Waals surface area contributed by atoms with Gasteiger partial charge in [0.2, 0.25) is 5.88 Å². The second-order valence-electron chi connectivity index (χ2n) is 4.77. The highest BCUT2D eigenvalue weighted by atomic mass is 16.5. The fourth-order valence-corrected chi connectivity index (χ4v) is 2.03. The van der Waals surface area contributed by atoms with Crippen LogP contribution in [0.1, 0.15) is 22.2 Å². The lowest BCUT2D eigenvalue weighted by molar-refractivity contribution is 0.0935. The fraction of sp³-hybridized carbons (Fsp3) is 0.333. The molecule has 2 rings (SSSR count). The molecule has 0 saturated heterocycles. The minimum atomic E-state index is -0.224. The molecule has 0 spiro atoms. The van der Waals surface area contributed by atoms with Gasteiger partial charge in [-0.15, -0.1) is 0 Å². The molecule has 0 saturated carbocycles. The Morgan fingerprint density at radius 2 is 2.24 bits per heavy atom. The Balaban J connectivity index is 2.06. The van der Waals surface area contributed by atoms with Crippen LogP contribution in [0.2, 0.25) is 0 Å². The predicted molar refractivity (Wildman–Crippen MR) is 78.3 cm³/mol. The third-order valence-electron chi connectivity index (χ3n) is 3.16. The van der Waals surface area contributed by atoms with E-state index in [4.69, 9.17) is 9.15 Å². The molecule has 6 nitrogen and oxygen atoms in total. The Bertz CT molecular complexity index is 582. The zero-order valence-electron chi connectivity index (χ0n) is 12.4. The van der Waals surface area contributed by atoms with E-state index in [1.165, 1.54) is 7.11 Å². The maximum absolute atomic E-state index is 12.2. The largest absolute Gasteiger partial charge is 0.480 e. The number of furan rings is 1. The first kappa shape index (κ1) is 15.1. The molecule has 0 aliphatic rings. The van der Waals surface area contributed by atoms with E-state index >= 15 is 0 Å². The van der Waals surface area contributed by atoms with E-state index in [9.17, 15) is 4.79 Å². The highest BCUT2D eigenvalue weighted by molar-refractivity contribution is 5.96. The number of amides is 1. The summed E-state index contributed by atoms with van der Waals surface area (Å²) in [6.07, 6.45) is 3.21. The Hall–Kier alpha value is -2.34. The van der Waals surface area contributed by atoms with Crippen LogP contribution in [0.5, 0.6) is 5.88 Å².